The highest BCUT2D eigenvalue weighted by atomic mass is 15.1. The first-order valence-corrected chi connectivity index (χ1v) is 22.0. The molecule has 0 bridgehead atoms. The van der Waals surface area contributed by atoms with Gasteiger partial charge in [-0.25, -0.2) is 0 Å². The van der Waals surface area contributed by atoms with Crippen LogP contribution in [0.4, 0.5) is 17.1 Å². The van der Waals surface area contributed by atoms with Gasteiger partial charge in [0.25, 0.3) is 0 Å². The Morgan fingerprint density at radius 3 is 1.17 bits per heavy atom. The quantitative estimate of drug-likeness (QED) is 0.128. The van der Waals surface area contributed by atoms with Gasteiger partial charge in [-0.3, -0.25) is 0 Å². The zero-order valence-electron chi connectivity index (χ0n) is 34.9. The van der Waals surface area contributed by atoms with Crippen LogP contribution < -0.4 is 4.90 Å². The normalized spacial score (nSPS) is 12.0. The predicted octanol–water partition coefficient (Wildman–Crippen LogP) is 16.9. The maximum Gasteiger partial charge on any atom is 0.0991 e. The van der Waals surface area contributed by atoms with E-state index in [0.717, 1.165) is 22.4 Å². The molecule has 0 saturated heterocycles. The molecule has 0 aliphatic heterocycles. The fourth-order valence-corrected chi connectivity index (χ4v) is 11.6. The van der Waals surface area contributed by atoms with E-state index < -0.39 is 0 Å². The molecular formula is C62H33N3. The Labute approximate surface area is 373 Å². The van der Waals surface area contributed by atoms with Gasteiger partial charge in [0.05, 0.1) is 29.0 Å². The molecule has 3 heteroatoms. The minimum atomic E-state index is 0.600. The van der Waals surface area contributed by atoms with Crippen LogP contribution in [0.1, 0.15) is 11.1 Å². The van der Waals surface area contributed by atoms with Crippen LogP contribution in [-0.4, -0.2) is 0 Å². The zero-order chi connectivity index (χ0) is 42.9. The number of nitriles is 2. The van der Waals surface area contributed by atoms with E-state index in [1.165, 1.54) is 114 Å². The van der Waals surface area contributed by atoms with E-state index in [1.54, 1.807) is 0 Å². The molecule has 0 aliphatic carbocycles. The van der Waals surface area contributed by atoms with Gasteiger partial charge in [-0.05, 0) is 168 Å². The van der Waals surface area contributed by atoms with Gasteiger partial charge in [-0.15, -0.1) is 0 Å². The van der Waals surface area contributed by atoms with E-state index in [0.29, 0.717) is 11.1 Å². The summed E-state index contributed by atoms with van der Waals surface area (Å²) in [6, 6.07) is 76.5. The predicted molar refractivity (Wildman–Crippen MR) is 273 cm³/mol. The second kappa shape index (κ2) is 13.2. The van der Waals surface area contributed by atoms with Crippen LogP contribution >= 0.6 is 0 Å². The van der Waals surface area contributed by atoms with E-state index in [2.05, 4.69) is 169 Å². The minimum absolute atomic E-state index is 0.600. The van der Waals surface area contributed by atoms with Crippen molar-refractivity contribution >= 4 is 114 Å². The molecular weight excluding hydrogens is 787 g/mol. The number of benzene rings is 12. The molecule has 0 heterocycles. The van der Waals surface area contributed by atoms with Crippen molar-refractivity contribution in [1.82, 2.24) is 0 Å². The molecule has 0 amide bonds. The Kier molecular flexibility index (Phi) is 7.25. The molecule has 65 heavy (non-hydrogen) atoms. The second-order valence-electron chi connectivity index (χ2n) is 17.3. The molecule has 0 radical (unpaired) electrons. The summed E-state index contributed by atoms with van der Waals surface area (Å²) in [5.41, 5.74) is 8.95. The number of hydrogen-bond donors (Lipinski definition) is 0. The number of hydrogen-bond acceptors (Lipinski definition) is 3. The fourth-order valence-electron chi connectivity index (χ4n) is 11.6. The maximum absolute atomic E-state index is 9.73. The van der Waals surface area contributed by atoms with Crippen LogP contribution in [0, 0.1) is 22.7 Å². The Morgan fingerprint density at radius 1 is 0.277 bits per heavy atom. The molecule has 3 nitrogen and oxygen atoms in total. The Balaban J connectivity index is 1.19. The van der Waals surface area contributed by atoms with Crippen LogP contribution in [0.2, 0.25) is 0 Å². The summed E-state index contributed by atoms with van der Waals surface area (Å²) in [5.74, 6) is 0. The standard InChI is InChI=1S/C62H33N3/c63-34-36-20-24-41(25-21-36)65(42-26-22-37(35-64)23-27-42)52-33-32-49-56-47(52)18-9-19-48(56)59-54(39-10-3-1-4-11-39)61-50-30-28-45-43-16-7-14-38-15-8-17-44(53(38)43)46-29-31-51(58(50)57(45)46)62(61)55(60(49)59)40-12-5-2-6-13-40/h1-33H. The molecule has 14 rings (SSSR count). The smallest absolute Gasteiger partial charge is 0.0991 e. The van der Waals surface area contributed by atoms with E-state index in [4.69, 9.17) is 0 Å². The first-order valence-electron chi connectivity index (χ1n) is 22.0. The minimum Gasteiger partial charge on any atom is -0.310 e. The lowest BCUT2D eigenvalue weighted by Gasteiger charge is -2.27. The zero-order valence-corrected chi connectivity index (χ0v) is 34.9. The summed E-state index contributed by atoms with van der Waals surface area (Å²) in [5, 5.41) is 42.3. The van der Waals surface area contributed by atoms with E-state index in [9.17, 15) is 10.5 Å². The van der Waals surface area contributed by atoms with Crippen LogP contribution in [-0.2, 0) is 0 Å². The van der Waals surface area contributed by atoms with Crippen molar-refractivity contribution in [2.24, 2.45) is 0 Å². The van der Waals surface area contributed by atoms with E-state index in [-0.39, 0.29) is 0 Å². The molecule has 0 saturated carbocycles. The summed E-state index contributed by atoms with van der Waals surface area (Å²) < 4.78 is 0. The molecule has 0 spiro atoms. The molecule has 0 N–H and O–H groups in total. The Bertz CT molecular complexity index is 4100. The topological polar surface area (TPSA) is 50.8 Å². The monoisotopic (exact) mass is 819 g/mol. The van der Waals surface area contributed by atoms with Gasteiger partial charge in [0.15, 0.2) is 0 Å². The first kappa shape index (κ1) is 35.6. The third kappa shape index (κ3) is 4.76. The Morgan fingerprint density at radius 2 is 0.662 bits per heavy atom. The van der Waals surface area contributed by atoms with Crippen molar-refractivity contribution in [1.29, 1.82) is 10.5 Å². The highest BCUT2D eigenvalue weighted by molar-refractivity contribution is 6.49. The summed E-state index contributed by atoms with van der Waals surface area (Å²) in [6.07, 6.45) is 0. The number of fused-ring (bicyclic) bond motifs is 8. The van der Waals surface area contributed by atoms with Gasteiger partial charge < -0.3 is 4.90 Å². The first-order chi connectivity index (χ1) is 32.2. The second-order valence-corrected chi connectivity index (χ2v) is 17.3. The van der Waals surface area contributed by atoms with Crippen molar-refractivity contribution in [2.45, 2.75) is 0 Å². The number of nitrogens with zero attached hydrogens (tertiary/aromatic N) is 3. The van der Waals surface area contributed by atoms with Crippen LogP contribution in [0.15, 0.2) is 200 Å². The molecule has 0 atom stereocenters. The average Bonchev–Trinajstić information content (AvgIpc) is 3.89. The SMILES string of the molecule is N#Cc1ccc(N(c2ccc(C#N)cc2)c2ccc3c4c(-c5ccccc5)c5c6ccc7c8cccc9cccc(c%10ccc(c5c(-c5ccccc5)c4c4cccc2c43)c6c%107)c98)cc1. The molecule has 296 valence electrons. The number of anilines is 3. The molecule has 0 unspecified atom stereocenters. The van der Waals surface area contributed by atoms with Gasteiger partial charge in [-0.2, -0.15) is 10.5 Å². The lowest BCUT2D eigenvalue weighted by Crippen LogP contribution is -2.10. The van der Waals surface area contributed by atoms with Gasteiger partial charge in [0.2, 0.25) is 0 Å². The van der Waals surface area contributed by atoms with Gasteiger partial charge in [0.1, 0.15) is 0 Å². The molecule has 0 aliphatic rings. The summed E-state index contributed by atoms with van der Waals surface area (Å²) in [7, 11) is 0. The highest BCUT2D eigenvalue weighted by Crippen LogP contribution is 2.58. The van der Waals surface area contributed by atoms with Gasteiger partial charge in [-0.1, -0.05) is 146 Å². The maximum atomic E-state index is 9.73. The third-order valence-electron chi connectivity index (χ3n) is 14.1. The number of rotatable bonds is 5. The molecule has 14 aromatic rings. The summed E-state index contributed by atoms with van der Waals surface area (Å²) >= 11 is 0. The van der Waals surface area contributed by atoms with Crippen LogP contribution in [0.25, 0.3) is 119 Å². The van der Waals surface area contributed by atoms with Gasteiger partial charge >= 0.3 is 0 Å². The molecule has 0 aromatic heterocycles. The molecule has 14 aromatic carbocycles. The van der Waals surface area contributed by atoms with Crippen LogP contribution in [0.5, 0.6) is 0 Å². The largest absolute Gasteiger partial charge is 0.310 e. The molecule has 0 fully saturated rings. The average molecular weight is 820 g/mol. The van der Waals surface area contributed by atoms with Crippen LogP contribution in [0.3, 0.4) is 0 Å². The summed E-state index contributed by atoms with van der Waals surface area (Å²) in [4.78, 5) is 2.25. The summed E-state index contributed by atoms with van der Waals surface area (Å²) in [6.45, 7) is 0. The lowest BCUT2D eigenvalue weighted by atomic mass is 9.87. The van der Waals surface area contributed by atoms with Crippen molar-refractivity contribution in [3.05, 3.63) is 211 Å². The van der Waals surface area contributed by atoms with Gasteiger partial charge in [0, 0.05) is 16.8 Å². The van der Waals surface area contributed by atoms with E-state index in [1.807, 2.05) is 48.5 Å². The van der Waals surface area contributed by atoms with Crippen molar-refractivity contribution in [3.8, 4) is 34.4 Å². The van der Waals surface area contributed by atoms with Crippen molar-refractivity contribution < 1.29 is 0 Å². The van der Waals surface area contributed by atoms with Crippen molar-refractivity contribution in [3.63, 3.8) is 0 Å². The van der Waals surface area contributed by atoms with Crippen molar-refractivity contribution in [2.75, 3.05) is 4.90 Å². The lowest BCUT2D eigenvalue weighted by molar-refractivity contribution is 1.29. The third-order valence-corrected chi connectivity index (χ3v) is 14.1. The highest BCUT2D eigenvalue weighted by Gasteiger charge is 2.29. The fraction of sp³-hybridized carbons (Fsp3) is 0. The Hall–Kier alpha value is -9.02. The van der Waals surface area contributed by atoms with E-state index >= 15 is 0 Å².